The fraction of sp³-hybridized carbons (Fsp3) is 0.500. The predicted octanol–water partition coefficient (Wildman–Crippen LogP) is 0.371. The van der Waals surface area contributed by atoms with Gasteiger partial charge in [-0.05, 0) is 25.2 Å². The van der Waals surface area contributed by atoms with E-state index in [9.17, 15) is 4.79 Å². The fourth-order valence-electron chi connectivity index (χ4n) is 2.22. The van der Waals surface area contributed by atoms with E-state index in [2.05, 4.69) is 22.6 Å². The Balaban J connectivity index is 1.94. The molecule has 110 valence electrons. The first-order chi connectivity index (χ1) is 9.60. The number of amides is 1. The highest BCUT2D eigenvalue weighted by atomic mass is 16.5. The molecule has 0 radical (unpaired) electrons. The second-order valence-corrected chi connectivity index (χ2v) is 5.02. The minimum absolute atomic E-state index is 0.138. The fourth-order valence-corrected chi connectivity index (χ4v) is 2.22. The second kappa shape index (κ2) is 6.58. The van der Waals surface area contributed by atoms with Crippen LogP contribution in [-0.2, 0) is 4.74 Å². The molecule has 2 rings (SSSR count). The number of hydrogen-bond acceptors (Lipinski definition) is 5. The Kier molecular flexibility index (Phi) is 4.81. The molecular weight excluding hydrogens is 256 g/mol. The molecule has 1 aromatic carbocycles. The third-order valence-corrected chi connectivity index (χ3v) is 3.40. The molecule has 1 heterocycles. The molecule has 0 aromatic heterocycles. The largest absolute Gasteiger partial charge is 0.397 e. The lowest BCUT2D eigenvalue weighted by Gasteiger charge is -2.30. The summed E-state index contributed by atoms with van der Waals surface area (Å²) in [5, 5.41) is 5.86. The van der Waals surface area contributed by atoms with Crippen LogP contribution in [-0.4, -0.2) is 57.2 Å². The summed E-state index contributed by atoms with van der Waals surface area (Å²) in [6.07, 6.45) is 0.159. The van der Waals surface area contributed by atoms with E-state index in [1.165, 1.54) is 0 Å². The summed E-state index contributed by atoms with van der Waals surface area (Å²) in [6.45, 7) is 3.34. The Morgan fingerprint density at radius 3 is 3.00 bits per heavy atom. The highest BCUT2D eigenvalue weighted by Gasteiger charge is 2.17. The van der Waals surface area contributed by atoms with Crippen molar-refractivity contribution in [2.45, 2.75) is 6.10 Å². The summed E-state index contributed by atoms with van der Waals surface area (Å²) in [5.41, 5.74) is 7.92. The van der Waals surface area contributed by atoms with Crippen LogP contribution < -0.4 is 16.4 Å². The van der Waals surface area contributed by atoms with E-state index in [-0.39, 0.29) is 12.0 Å². The highest BCUT2D eigenvalue weighted by Crippen LogP contribution is 2.20. The van der Waals surface area contributed by atoms with E-state index in [1.54, 1.807) is 19.2 Å². The van der Waals surface area contributed by atoms with Gasteiger partial charge in [-0.25, -0.2) is 0 Å². The maximum Gasteiger partial charge on any atom is 0.251 e. The SMILES string of the molecule is CNC(=O)c1ccc(NCC2CN(C)CCO2)c(N)c1. The standard InChI is InChI=1S/C14H22N4O2/c1-16-14(19)10-3-4-13(12(15)7-10)17-8-11-9-18(2)5-6-20-11/h3-4,7,11,17H,5-6,8-9,15H2,1-2H3,(H,16,19). The number of anilines is 2. The normalized spacial score (nSPS) is 19.6. The van der Waals surface area contributed by atoms with Crippen molar-refractivity contribution in [1.29, 1.82) is 0 Å². The number of likely N-dealkylation sites (N-methyl/N-ethyl adjacent to an activating group) is 1. The summed E-state index contributed by atoms with van der Waals surface area (Å²) in [6, 6.07) is 5.26. The van der Waals surface area contributed by atoms with Gasteiger partial charge in [0.2, 0.25) is 0 Å². The van der Waals surface area contributed by atoms with Crippen LogP contribution in [0.4, 0.5) is 11.4 Å². The molecule has 1 aliphatic heterocycles. The molecule has 0 spiro atoms. The molecular formula is C14H22N4O2. The summed E-state index contributed by atoms with van der Waals surface area (Å²) in [7, 11) is 3.68. The van der Waals surface area contributed by atoms with Gasteiger partial charge in [0.1, 0.15) is 0 Å². The van der Waals surface area contributed by atoms with E-state index in [0.717, 1.165) is 25.4 Å². The van der Waals surface area contributed by atoms with Crippen LogP contribution in [0.3, 0.4) is 0 Å². The molecule has 0 saturated carbocycles. The molecule has 4 N–H and O–H groups in total. The molecule has 1 fully saturated rings. The zero-order valence-electron chi connectivity index (χ0n) is 12.0. The quantitative estimate of drug-likeness (QED) is 0.694. The molecule has 6 heteroatoms. The Morgan fingerprint density at radius 2 is 2.35 bits per heavy atom. The predicted molar refractivity (Wildman–Crippen MR) is 80.0 cm³/mol. The Labute approximate surface area is 119 Å². The minimum atomic E-state index is -0.138. The van der Waals surface area contributed by atoms with Crippen LogP contribution in [0.2, 0.25) is 0 Å². The Hall–Kier alpha value is -1.79. The van der Waals surface area contributed by atoms with Crippen molar-refractivity contribution in [1.82, 2.24) is 10.2 Å². The topological polar surface area (TPSA) is 79.6 Å². The van der Waals surface area contributed by atoms with E-state index in [0.29, 0.717) is 17.8 Å². The second-order valence-electron chi connectivity index (χ2n) is 5.02. The lowest BCUT2D eigenvalue weighted by Crippen LogP contribution is -2.43. The van der Waals surface area contributed by atoms with Gasteiger partial charge in [-0.1, -0.05) is 0 Å². The number of nitrogens with one attached hydrogen (secondary N) is 2. The summed E-state index contributed by atoms with van der Waals surface area (Å²) < 4.78 is 5.68. The number of nitrogens with two attached hydrogens (primary N) is 1. The first-order valence-electron chi connectivity index (χ1n) is 6.75. The van der Waals surface area contributed by atoms with Gasteiger partial charge in [0.15, 0.2) is 0 Å². The van der Waals surface area contributed by atoms with Crippen LogP contribution in [0, 0.1) is 0 Å². The molecule has 1 saturated heterocycles. The number of morpholine rings is 1. The number of hydrogen-bond donors (Lipinski definition) is 3. The summed E-state index contributed by atoms with van der Waals surface area (Å²) in [4.78, 5) is 13.7. The minimum Gasteiger partial charge on any atom is -0.397 e. The van der Waals surface area contributed by atoms with E-state index in [1.807, 2.05) is 6.07 Å². The molecule has 1 amide bonds. The highest BCUT2D eigenvalue weighted by molar-refractivity contribution is 5.95. The van der Waals surface area contributed by atoms with Crippen LogP contribution in [0.15, 0.2) is 18.2 Å². The zero-order valence-corrected chi connectivity index (χ0v) is 12.0. The van der Waals surface area contributed by atoms with Gasteiger partial charge in [0.25, 0.3) is 5.91 Å². The smallest absolute Gasteiger partial charge is 0.251 e. The van der Waals surface area contributed by atoms with Crippen molar-refractivity contribution in [2.75, 3.05) is 51.4 Å². The maximum absolute atomic E-state index is 11.5. The Bertz CT molecular complexity index is 478. The van der Waals surface area contributed by atoms with Gasteiger partial charge < -0.3 is 26.0 Å². The summed E-state index contributed by atoms with van der Waals surface area (Å²) >= 11 is 0. The number of nitrogen functional groups attached to an aromatic ring is 1. The van der Waals surface area contributed by atoms with Crippen LogP contribution in [0.1, 0.15) is 10.4 Å². The first-order valence-corrected chi connectivity index (χ1v) is 6.75. The van der Waals surface area contributed by atoms with Gasteiger partial charge in [-0.15, -0.1) is 0 Å². The lowest BCUT2D eigenvalue weighted by molar-refractivity contribution is -0.0117. The van der Waals surface area contributed by atoms with Crippen molar-refractivity contribution >= 4 is 17.3 Å². The zero-order chi connectivity index (χ0) is 14.5. The van der Waals surface area contributed by atoms with Crippen LogP contribution >= 0.6 is 0 Å². The molecule has 1 aliphatic rings. The van der Waals surface area contributed by atoms with Gasteiger partial charge in [0.05, 0.1) is 24.1 Å². The third kappa shape index (κ3) is 3.61. The van der Waals surface area contributed by atoms with Crippen LogP contribution in [0.25, 0.3) is 0 Å². The van der Waals surface area contributed by atoms with E-state index < -0.39 is 0 Å². The molecule has 20 heavy (non-hydrogen) atoms. The average molecular weight is 278 g/mol. The van der Waals surface area contributed by atoms with Gasteiger partial charge in [-0.3, -0.25) is 4.79 Å². The molecule has 0 bridgehead atoms. The van der Waals surface area contributed by atoms with Crippen molar-refractivity contribution in [3.05, 3.63) is 23.8 Å². The van der Waals surface area contributed by atoms with Crippen molar-refractivity contribution in [2.24, 2.45) is 0 Å². The Morgan fingerprint density at radius 1 is 1.55 bits per heavy atom. The third-order valence-electron chi connectivity index (χ3n) is 3.40. The lowest BCUT2D eigenvalue weighted by atomic mass is 10.1. The van der Waals surface area contributed by atoms with Crippen molar-refractivity contribution < 1.29 is 9.53 Å². The summed E-state index contributed by atoms with van der Waals surface area (Å²) in [5.74, 6) is -0.138. The van der Waals surface area contributed by atoms with Gasteiger partial charge in [-0.2, -0.15) is 0 Å². The van der Waals surface area contributed by atoms with Gasteiger partial charge >= 0.3 is 0 Å². The van der Waals surface area contributed by atoms with Crippen LogP contribution in [0.5, 0.6) is 0 Å². The van der Waals surface area contributed by atoms with Crippen molar-refractivity contribution in [3.8, 4) is 0 Å². The molecule has 1 aromatic rings. The van der Waals surface area contributed by atoms with Gasteiger partial charge in [0, 0.05) is 32.2 Å². The number of rotatable bonds is 4. The van der Waals surface area contributed by atoms with E-state index >= 15 is 0 Å². The number of nitrogens with zero attached hydrogens (tertiary/aromatic N) is 1. The van der Waals surface area contributed by atoms with Crippen molar-refractivity contribution in [3.63, 3.8) is 0 Å². The number of ether oxygens (including phenoxy) is 1. The molecule has 6 nitrogen and oxygen atoms in total. The maximum atomic E-state index is 11.5. The average Bonchev–Trinajstić information content (AvgIpc) is 2.45. The van der Waals surface area contributed by atoms with E-state index in [4.69, 9.17) is 10.5 Å². The molecule has 1 atom stereocenters. The molecule has 0 aliphatic carbocycles. The molecule has 1 unspecified atom stereocenters. The number of carbonyl (C=O) groups excluding carboxylic acids is 1. The first kappa shape index (κ1) is 14.6. The number of benzene rings is 1. The number of carbonyl (C=O) groups is 1. The monoisotopic (exact) mass is 278 g/mol.